The van der Waals surface area contributed by atoms with Crippen LogP contribution in [0.15, 0.2) is 14.4 Å². The average Bonchev–Trinajstić information content (AvgIpc) is 2.97. The highest BCUT2D eigenvalue weighted by Gasteiger charge is 2.22. The molecule has 0 aromatic carbocycles. The maximum absolute atomic E-state index is 13.1. The van der Waals surface area contributed by atoms with Crippen LogP contribution in [0, 0.1) is 0 Å². The molecular formula is C24H42N3O9S6+3. The topological polar surface area (TPSA) is 158 Å². The summed E-state index contributed by atoms with van der Waals surface area (Å²) in [6, 6.07) is 0. The molecule has 0 saturated heterocycles. The first-order valence-corrected chi connectivity index (χ1v) is 20.6. The molecule has 0 spiro atoms. The molecule has 240 valence electrons. The van der Waals surface area contributed by atoms with Crippen LogP contribution in [0.25, 0.3) is 0 Å². The third-order valence-electron chi connectivity index (χ3n) is 5.14. The lowest BCUT2D eigenvalue weighted by atomic mass is 10.4. The first-order chi connectivity index (χ1) is 20.3. The number of rotatable bonds is 21. The van der Waals surface area contributed by atoms with Gasteiger partial charge in [0.25, 0.3) is 0 Å². The normalized spacial score (nSPS) is 10.9. The predicted octanol–water partition coefficient (Wildman–Crippen LogP) is 4.15. The van der Waals surface area contributed by atoms with Gasteiger partial charge in [-0.05, 0) is 19.3 Å². The maximum Gasteiger partial charge on any atom is 0.561 e. The average molecular weight is 709 g/mol. The zero-order chi connectivity index (χ0) is 31.2. The van der Waals surface area contributed by atoms with Crippen molar-refractivity contribution < 1.29 is 28.6 Å². The van der Waals surface area contributed by atoms with E-state index in [2.05, 4.69) is 20.8 Å². The van der Waals surface area contributed by atoms with Gasteiger partial charge in [0.15, 0.2) is 0 Å². The lowest BCUT2D eigenvalue weighted by Gasteiger charge is -2.11. The van der Waals surface area contributed by atoms with Gasteiger partial charge in [0.1, 0.15) is 0 Å². The lowest BCUT2D eigenvalue weighted by Crippen LogP contribution is -2.55. The fourth-order valence-corrected chi connectivity index (χ4v) is 8.20. The summed E-state index contributed by atoms with van der Waals surface area (Å²) in [7, 11) is 7.47. The van der Waals surface area contributed by atoms with Crippen LogP contribution in [0.5, 0.6) is 0 Å². The van der Waals surface area contributed by atoms with E-state index in [1.54, 1.807) is 0 Å². The van der Waals surface area contributed by atoms with Crippen LogP contribution < -0.4 is 17.1 Å². The zero-order valence-electron chi connectivity index (χ0n) is 24.2. The molecule has 18 heteroatoms. The molecule has 1 aromatic heterocycles. The molecule has 0 radical (unpaired) electrons. The van der Waals surface area contributed by atoms with E-state index in [1.165, 1.54) is 32.4 Å². The minimum Gasteiger partial charge on any atom is -0.329 e. The van der Waals surface area contributed by atoms with E-state index in [9.17, 15) is 28.8 Å². The highest BCUT2D eigenvalue weighted by molar-refractivity contribution is 8.82. The molecule has 0 saturated carbocycles. The molecule has 3 N–H and O–H groups in total. The SMILES string of the molecule is CCCCSSC(=[OH+])OCCn1c(=O)n(CCOC(=[OH+])SSCCCC)c(=O)n(CCOC(=[OH+])SSCCCC)c1=O. The second-order valence-electron chi connectivity index (χ2n) is 8.42. The summed E-state index contributed by atoms with van der Waals surface area (Å²) in [6.45, 7) is 4.94. The van der Waals surface area contributed by atoms with E-state index in [4.69, 9.17) is 14.2 Å². The Morgan fingerprint density at radius 3 is 1.05 bits per heavy atom. The quantitative estimate of drug-likeness (QED) is 0.0592. The van der Waals surface area contributed by atoms with Crippen LogP contribution in [-0.4, -0.2) is 81.1 Å². The summed E-state index contributed by atoms with van der Waals surface area (Å²) in [5.41, 5.74) is -2.62. The highest BCUT2D eigenvalue weighted by Crippen LogP contribution is 2.24. The molecule has 0 atom stereocenters. The van der Waals surface area contributed by atoms with Crippen molar-refractivity contribution in [1.82, 2.24) is 13.7 Å². The van der Waals surface area contributed by atoms with Crippen molar-refractivity contribution >= 4 is 80.7 Å². The van der Waals surface area contributed by atoms with Gasteiger partial charge in [-0.3, -0.25) is 0 Å². The fourth-order valence-electron chi connectivity index (χ4n) is 2.89. The van der Waals surface area contributed by atoms with E-state index in [1.807, 2.05) is 0 Å². The van der Waals surface area contributed by atoms with E-state index < -0.39 is 17.1 Å². The van der Waals surface area contributed by atoms with Crippen molar-refractivity contribution in [1.29, 1.82) is 0 Å². The van der Waals surface area contributed by atoms with Crippen molar-refractivity contribution in [3.05, 3.63) is 31.5 Å². The summed E-state index contributed by atoms with van der Waals surface area (Å²) in [6.07, 6.45) is 6.06. The number of unbranched alkanes of at least 4 members (excludes halogenated alkanes) is 3. The minimum atomic E-state index is -0.874. The van der Waals surface area contributed by atoms with Crippen molar-refractivity contribution in [2.24, 2.45) is 0 Å². The molecule has 0 unspecified atom stereocenters. The summed E-state index contributed by atoms with van der Waals surface area (Å²) in [5, 5.41) is -0.874. The van der Waals surface area contributed by atoms with Gasteiger partial charge in [-0.25, -0.2) is 28.1 Å². The summed E-state index contributed by atoms with van der Waals surface area (Å²) >= 11 is 0. The molecular weight excluding hydrogens is 667 g/mol. The van der Waals surface area contributed by atoms with Gasteiger partial charge in [0.05, 0.1) is 52.0 Å². The molecule has 12 nitrogen and oxygen atoms in total. The third-order valence-corrected chi connectivity index (χ3v) is 11.5. The number of carbonyl (C=O) groups excluding carboxylic acids is 3. The molecule has 1 heterocycles. The number of hydrogen-bond donors (Lipinski definition) is 0. The molecule has 0 amide bonds. The number of nitrogens with zero attached hydrogens (tertiary/aromatic N) is 3. The molecule has 0 bridgehead atoms. The van der Waals surface area contributed by atoms with E-state index >= 15 is 0 Å². The van der Waals surface area contributed by atoms with Gasteiger partial charge in [-0.2, -0.15) is 0 Å². The smallest absolute Gasteiger partial charge is 0.329 e. The van der Waals surface area contributed by atoms with Crippen molar-refractivity contribution in [3.63, 3.8) is 0 Å². The Balaban J connectivity index is 2.95. The molecule has 42 heavy (non-hydrogen) atoms. The molecule has 1 rings (SSSR count). The highest BCUT2D eigenvalue weighted by atomic mass is 33.1. The van der Waals surface area contributed by atoms with Crippen LogP contribution in [0.3, 0.4) is 0 Å². The maximum atomic E-state index is 13.1. The van der Waals surface area contributed by atoms with Crippen LogP contribution in [0.1, 0.15) is 59.3 Å². The van der Waals surface area contributed by atoms with E-state index in [0.29, 0.717) is 0 Å². The van der Waals surface area contributed by atoms with Crippen LogP contribution in [-0.2, 0) is 33.8 Å². The fraction of sp³-hybridized carbons (Fsp3) is 0.750. The molecule has 0 fully saturated rings. The van der Waals surface area contributed by atoms with Gasteiger partial charge in [-0.15, -0.1) is 0 Å². The Morgan fingerprint density at radius 2 is 0.810 bits per heavy atom. The molecule has 1 aromatic rings. The Kier molecular flexibility index (Phi) is 22.5. The second kappa shape index (κ2) is 24.3. The van der Waals surface area contributed by atoms with Crippen LogP contribution >= 0.6 is 64.8 Å². The van der Waals surface area contributed by atoms with E-state index in [0.717, 1.165) is 102 Å². The Morgan fingerprint density at radius 1 is 0.548 bits per heavy atom. The van der Waals surface area contributed by atoms with Crippen LogP contribution in [0.4, 0.5) is 0 Å². The molecule has 0 aliphatic heterocycles. The van der Waals surface area contributed by atoms with Crippen molar-refractivity contribution in [2.45, 2.75) is 78.9 Å². The largest absolute Gasteiger partial charge is 0.561 e. The summed E-state index contributed by atoms with van der Waals surface area (Å²) in [5.74, 6) is 2.50. The Labute approximate surface area is 269 Å². The van der Waals surface area contributed by atoms with E-state index in [-0.39, 0.29) is 55.4 Å². The predicted molar refractivity (Wildman–Crippen MR) is 183 cm³/mol. The summed E-state index contributed by atoms with van der Waals surface area (Å²) in [4.78, 5) is 69.2. The van der Waals surface area contributed by atoms with Crippen molar-refractivity contribution in [3.8, 4) is 0 Å². The Bertz CT molecular complexity index is 974. The zero-order valence-corrected chi connectivity index (χ0v) is 29.1. The number of hydrogen-bond acceptors (Lipinski definition) is 12. The monoisotopic (exact) mass is 708 g/mol. The summed E-state index contributed by atoms with van der Waals surface area (Å²) < 4.78 is 18.3. The van der Waals surface area contributed by atoms with Gasteiger partial charge < -0.3 is 28.6 Å². The molecule has 0 aliphatic rings. The van der Waals surface area contributed by atoms with Gasteiger partial charge in [0.2, 0.25) is 19.8 Å². The standard InChI is InChI=1S/C24H39N3O9S6/c1-4-7-16-37-40-22(31)34-13-10-25-19(28)26(11-14-35-23(32)41-38-17-8-5-2)21(30)27(20(25)29)12-15-36-24(33)42-39-18-9-6-3/h4-18H2,1-3H3/p+3. The van der Waals surface area contributed by atoms with Crippen molar-refractivity contribution in [2.75, 3.05) is 37.1 Å². The molecule has 0 aliphatic carbocycles. The van der Waals surface area contributed by atoms with Crippen LogP contribution in [0.2, 0.25) is 0 Å². The minimum absolute atomic E-state index is 0.187. The van der Waals surface area contributed by atoms with Gasteiger partial charge in [-0.1, -0.05) is 72.4 Å². The first-order valence-electron chi connectivity index (χ1n) is 13.7. The van der Waals surface area contributed by atoms with Gasteiger partial charge >= 0.3 is 33.0 Å². The van der Waals surface area contributed by atoms with Gasteiger partial charge in [0, 0.05) is 17.3 Å². The lowest BCUT2D eigenvalue weighted by molar-refractivity contribution is 0.237. The third kappa shape index (κ3) is 16.1. The Hall–Kier alpha value is -1.08. The first kappa shape index (κ1) is 38.9. The number of ether oxygens (including phenoxy) is 3. The second-order valence-corrected chi connectivity index (χ2v) is 15.5. The number of aromatic nitrogens is 3.